The number of rotatable bonds is 22. The molecule has 0 saturated carbocycles. The fraction of sp³-hybridized carbons (Fsp3) is 0.818. The van der Waals surface area contributed by atoms with E-state index in [0.717, 1.165) is 11.1 Å². The average Bonchev–Trinajstić information content (AvgIpc) is 3.06. The molecule has 1 N–H and O–H groups in total. The molecule has 1 aromatic rings. The van der Waals surface area contributed by atoms with Crippen LogP contribution in [0.4, 0.5) is 0 Å². The van der Waals surface area contributed by atoms with Gasteiger partial charge in [-0.05, 0) is 0 Å². The Bertz CT molecular complexity index is 1390. The normalized spacial score (nSPS) is 14.5. The first-order valence-electron chi connectivity index (χ1n) is 18.6. The number of benzene rings is 1. The van der Waals surface area contributed by atoms with E-state index < -0.39 is 37.9 Å². The van der Waals surface area contributed by atoms with Gasteiger partial charge < -0.3 is 5.11 Å². The average molecular weight is 891 g/mol. The van der Waals surface area contributed by atoms with E-state index in [2.05, 4.69) is 242 Å². The molecule has 1 aromatic carbocycles. The van der Waals surface area contributed by atoms with Gasteiger partial charge in [-0.2, -0.15) is 0 Å². The zero-order chi connectivity index (χ0) is 43.8. The Kier molecular flexibility index (Phi) is 21.4. The van der Waals surface area contributed by atoms with Crippen molar-refractivity contribution in [2.24, 2.45) is 18.1 Å². The van der Waals surface area contributed by atoms with Crippen LogP contribution in [0.15, 0.2) is 42.3 Å². The SMILES string of the molecule is CN(C)P(=N[PH](N=P(N(C)C)(N(C)C)N(C)C)(N=P(N(C)C)(N(C)C)N(C)C)N=P(N(C)C)(N(C)C)N(C)Cc1ccc(COCCO)cc1)(N(C)C)N(C)C. The summed E-state index contributed by atoms with van der Waals surface area (Å²) in [4.78, 5) is 0. The summed E-state index contributed by atoms with van der Waals surface area (Å²) in [7, 11) is 33.7. The van der Waals surface area contributed by atoms with E-state index >= 15 is 0 Å². The van der Waals surface area contributed by atoms with Crippen LogP contribution in [-0.2, 0) is 17.9 Å². The Labute approximate surface area is 344 Å². The van der Waals surface area contributed by atoms with Crippen LogP contribution < -0.4 is 0 Å². The van der Waals surface area contributed by atoms with E-state index in [4.69, 9.17) is 22.8 Å². The summed E-state index contributed by atoms with van der Waals surface area (Å²) in [6.07, 6.45) is 0. The third-order valence-corrected chi connectivity index (χ3v) is 30.8. The first kappa shape index (κ1) is 54.0. The third-order valence-electron chi connectivity index (χ3n) is 9.37. The molecule has 1 rings (SSSR count). The van der Waals surface area contributed by atoms with Crippen molar-refractivity contribution < 1.29 is 9.84 Å². The molecule has 0 heterocycles. The quantitative estimate of drug-likeness (QED) is 0.108. The molecule has 332 valence electrons. The molecule has 56 heavy (non-hydrogen) atoms. The van der Waals surface area contributed by atoms with Crippen LogP contribution in [0.25, 0.3) is 0 Å². The van der Waals surface area contributed by atoms with Crippen LogP contribution in [0.1, 0.15) is 11.1 Å². The molecule has 0 unspecified atom stereocenters. The van der Waals surface area contributed by atoms with Crippen molar-refractivity contribution in [2.75, 3.05) is 175 Å². The number of hydrogen-bond acceptors (Lipinski definition) is 6. The van der Waals surface area contributed by atoms with Gasteiger partial charge >= 0.3 is 341 Å². The Balaban J connectivity index is 5.16. The molecule has 0 aliphatic rings. The standard InChI is InChI=1S/C33H83N16O2P5/c1-38(2)53(39(3)4,40(5)6)34-52(35-54(41(7)8,42(9)10)43(11)12,36-55(44(13)14,45(15)16)46(17)18)37-56(47(19)20,48(21)22)49(23)30-32-24-26-33(27-25-32)31-51-29-28-50/h24-27,50,52H,28-31H2,1-23H3. The van der Waals surface area contributed by atoms with Crippen LogP contribution in [-0.4, -0.2) is 236 Å². The monoisotopic (exact) mass is 891 g/mol. The van der Waals surface area contributed by atoms with Crippen molar-refractivity contribution in [2.45, 2.75) is 13.2 Å². The fourth-order valence-corrected chi connectivity index (χ4v) is 33.5. The van der Waals surface area contributed by atoms with Gasteiger partial charge in [-0.15, -0.1) is 0 Å². The van der Waals surface area contributed by atoms with Gasteiger partial charge in [-0.3, -0.25) is 0 Å². The Hall–Kier alpha value is 0.01000. The summed E-state index contributed by atoms with van der Waals surface area (Å²) < 4.78 is 57.8. The number of hydrogen-bond donors (Lipinski definition) is 1. The number of ether oxygens (including phenoxy) is 1. The van der Waals surface area contributed by atoms with Gasteiger partial charge in [0, 0.05) is 0 Å². The third kappa shape index (κ3) is 11.5. The van der Waals surface area contributed by atoms with Crippen LogP contribution in [0.2, 0.25) is 0 Å². The molecule has 0 fully saturated rings. The maximum atomic E-state index is 9.19. The van der Waals surface area contributed by atoms with E-state index in [1.54, 1.807) is 0 Å². The molecular weight excluding hydrogens is 807 g/mol. The van der Waals surface area contributed by atoms with Crippen LogP contribution in [0.5, 0.6) is 0 Å². The number of nitrogens with zero attached hydrogens (tertiary/aromatic N) is 16. The molecule has 0 spiro atoms. The first-order valence-corrected chi connectivity index (χ1v) is 26.8. The van der Waals surface area contributed by atoms with Gasteiger partial charge in [-0.25, -0.2) is 0 Å². The molecular formula is C33H83N16O2P5. The second-order valence-corrected chi connectivity index (χ2v) is 34.1. The zero-order valence-electron chi connectivity index (χ0n) is 39.4. The Morgan fingerprint density at radius 2 is 0.679 bits per heavy atom. The van der Waals surface area contributed by atoms with Gasteiger partial charge in [0.25, 0.3) is 0 Å². The van der Waals surface area contributed by atoms with Crippen molar-refractivity contribution in [3.8, 4) is 0 Å². The summed E-state index contributed by atoms with van der Waals surface area (Å²) in [5.41, 5.74) is 2.20. The summed E-state index contributed by atoms with van der Waals surface area (Å²) in [5.74, 6) is 0. The van der Waals surface area contributed by atoms with Crippen molar-refractivity contribution in [3.05, 3.63) is 35.4 Å². The van der Waals surface area contributed by atoms with Crippen LogP contribution in [0.3, 0.4) is 0 Å². The molecule has 23 heteroatoms. The van der Waals surface area contributed by atoms with E-state index in [1.807, 2.05) is 0 Å². The molecule has 0 aromatic heterocycles. The van der Waals surface area contributed by atoms with E-state index in [1.165, 1.54) is 0 Å². The van der Waals surface area contributed by atoms with Crippen LogP contribution in [0, 0.1) is 0 Å². The van der Waals surface area contributed by atoms with Gasteiger partial charge in [0.2, 0.25) is 0 Å². The molecule has 18 nitrogen and oxygen atoms in total. The van der Waals surface area contributed by atoms with Gasteiger partial charge in [0.1, 0.15) is 0 Å². The Morgan fingerprint density at radius 1 is 0.429 bits per heavy atom. The predicted octanol–water partition coefficient (Wildman–Crippen LogP) is 6.00. The van der Waals surface area contributed by atoms with Crippen LogP contribution >= 0.6 is 37.9 Å². The van der Waals surface area contributed by atoms with Crippen molar-refractivity contribution >= 4 is 37.9 Å². The molecule has 0 aliphatic carbocycles. The number of aliphatic hydroxyl groups excluding tert-OH is 1. The second kappa shape index (κ2) is 22.2. The predicted molar refractivity (Wildman–Crippen MR) is 251 cm³/mol. The van der Waals surface area contributed by atoms with Gasteiger partial charge in [-0.1, -0.05) is 0 Å². The molecule has 0 atom stereocenters. The second-order valence-electron chi connectivity index (χ2n) is 15.9. The first-order chi connectivity index (χ1) is 25.6. The summed E-state index contributed by atoms with van der Waals surface area (Å²) >= 11 is 0. The fourth-order valence-electron chi connectivity index (χ4n) is 7.44. The van der Waals surface area contributed by atoms with Crippen molar-refractivity contribution in [3.63, 3.8) is 0 Å². The van der Waals surface area contributed by atoms with E-state index in [0.29, 0.717) is 19.8 Å². The minimum absolute atomic E-state index is 0.00508. The molecule has 0 saturated heterocycles. The molecule has 0 aliphatic heterocycles. The number of aliphatic hydroxyl groups is 1. The van der Waals surface area contributed by atoms with E-state index in [-0.39, 0.29) is 6.61 Å². The van der Waals surface area contributed by atoms with Crippen molar-refractivity contribution in [1.29, 1.82) is 0 Å². The van der Waals surface area contributed by atoms with Crippen molar-refractivity contribution in [1.82, 2.24) is 56.0 Å². The summed E-state index contributed by atoms with van der Waals surface area (Å²) in [6, 6.07) is 8.50. The minimum atomic E-state index is -4.07. The zero-order valence-corrected chi connectivity index (χ0v) is 44.0. The van der Waals surface area contributed by atoms with Gasteiger partial charge in [0.15, 0.2) is 0 Å². The summed E-state index contributed by atoms with van der Waals surface area (Å²) in [5, 5.41) is 9.19. The van der Waals surface area contributed by atoms with Gasteiger partial charge in [0.05, 0.1) is 0 Å². The molecule has 0 bridgehead atoms. The molecule has 0 amide bonds. The maximum absolute atomic E-state index is 9.19. The Morgan fingerprint density at radius 3 is 0.929 bits per heavy atom. The molecule has 0 radical (unpaired) electrons. The van der Waals surface area contributed by atoms with E-state index in [9.17, 15) is 5.11 Å². The summed E-state index contributed by atoms with van der Waals surface area (Å²) in [6.45, 7) is 1.39. The topological polar surface area (TPSA) is 118 Å².